The lowest BCUT2D eigenvalue weighted by molar-refractivity contribution is -0.137. The summed E-state index contributed by atoms with van der Waals surface area (Å²) in [6.07, 6.45) is -3.06. The Morgan fingerprint density at radius 1 is 1.48 bits per heavy atom. The number of hydrogen-bond acceptors (Lipinski definition) is 4. The molecule has 9 heteroatoms. The molecule has 0 fully saturated rings. The fourth-order valence-corrected chi connectivity index (χ4v) is 2.00. The number of amidine groups is 1. The molecule has 0 bridgehead atoms. The zero-order valence-electron chi connectivity index (χ0n) is 11.4. The van der Waals surface area contributed by atoms with E-state index in [9.17, 15) is 13.2 Å². The third kappa shape index (κ3) is 5.50. The van der Waals surface area contributed by atoms with Crippen LogP contribution in [0.25, 0.3) is 0 Å². The Balaban J connectivity index is 3.13. The summed E-state index contributed by atoms with van der Waals surface area (Å²) in [5.74, 6) is -0.285. The SMILES string of the molecule is COCCN(CCC(=N)N)c1ncc(Br)cc1C(F)(F)F. The number of alkyl halides is 3. The highest BCUT2D eigenvalue weighted by molar-refractivity contribution is 9.10. The molecule has 5 nitrogen and oxygen atoms in total. The Labute approximate surface area is 128 Å². The maximum Gasteiger partial charge on any atom is 0.419 e. The highest BCUT2D eigenvalue weighted by Gasteiger charge is 2.36. The normalized spacial score (nSPS) is 11.5. The molecule has 21 heavy (non-hydrogen) atoms. The third-order valence-electron chi connectivity index (χ3n) is 2.65. The van der Waals surface area contributed by atoms with Crippen molar-refractivity contribution in [3.8, 4) is 0 Å². The van der Waals surface area contributed by atoms with Crippen molar-refractivity contribution in [2.45, 2.75) is 12.6 Å². The highest BCUT2D eigenvalue weighted by atomic mass is 79.9. The second kappa shape index (κ2) is 7.60. The topological polar surface area (TPSA) is 75.2 Å². The molecular weight excluding hydrogens is 353 g/mol. The molecule has 0 aliphatic heterocycles. The summed E-state index contributed by atoms with van der Waals surface area (Å²) in [7, 11) is 1.46. The van der Waals surface area contributed by atoms with Gasteiger partial charge < -0.3 is 15.4 Å². The molecule has 0 spiro atoms. The zero-order valence-corrected chi connectivity index (χ0v) is 13.0. The van der Waals surface area contributed by atoms with Crippen LogP contribution in [-0.2, 0) is 10.9 Å². The molecule has 0 saturated carbocycles. The average molecular weight is 369 g/mol. The van der Waals surface area contributed by atoms with E-state index < -0.39 is 11.7 Å². The fraction of sp³-hybridized carbons (Fsp3) is 0.500. The van der Waals surface area contributed by atoms with Crippen LogP contribution in [0, 0.1) is 5.41 Å². The number of anilines is 1. The number of nitrogens with two attached hydrogens (primary N) is 1. The zero-order chi connectivity index (χ0) is 16.0. The minimum Gasteiger partial charge on any atom is -0.388 e. The van der Waals surface area contributed by atoms with Crippen LogP contribution in [-0.4, -0.2) is 37.6 Å². The van der Waals surface area contributed by atoms with E-state index in [4.69, 9.17) is 15.9 Å². The number of ether oxygens (including phenoxy) is 1. The summed E-state index contributed by atoms with van der Waals surface area (Å²) in [6.45, 7) is 0.630. The van der Waals surface area contributed by atoms with Crippen LogP contribution in [0.5, 0.6) is 0 Å². The maximum absolute atomic E-state index is 13.1. The monoisotopic (exact) mass is 368 g/mol. The lowest BCUT2D eigenvalue weighted by atomic mass is 10.2. The number of hydrogen-bond donors (Lipinski definition) is 2. The van der Waals surface area contributed by atoms with Crippen molar-refractivity contribution in [2.75, 3.05) is 31.7 Å². The number of nitrogens with zero attached hydrogens (tertiary/aromatic N) is 2. The van der Waals surface area contributed by atoms with Crippen LogP contribution in [0.1, 0.15) is 12.0 Å². The molecule has 1 rings (SSSR count). The average Bonchev–Trinajstić information content (AvgIpc) is 2.38. The fourth-order valence-electron chi connectivity index (χ4n) is 1.67. The second-order valence-electron chi connectivity index (χ2n) is 4.28. The first-order valence-corrected chi connectivity index (χ1v) is 6.84. The molecule has 0 aromatic carbocycles. The minimum absolute atomic E-state index is 0.0944. The van der Waals surface area contributed by atoms with Gasteiger partial charge in [-0.05, 0) is 22.0 Å². The van der Waals surface area contributed by atoms with E-state index in [0.29, 0.717) is 0 Å². The molecule has 0 atom stereocenters. The molecular formula is C12H16BrF3N4O. The van der Waals surface area contributed by atoms with Gasteiger partial charge in [-0.1, -0.05) is 0 Å². The van der Waals surface area contributed by atoms with Crippen molar-refractivity contribution in [3.63, 3.8) is 0 Å². The van der Waals surface area contributed by atoms with E-state index in [-0.39, 0.29) is 42.2 Å². The number of methoxy groups -OCH3 is 1. The summed E-state index contributed by atoms with van der Waals surface area (Å²) in [6, 6.07) is 0.982. The van der Waals surface area contributed by atoms with Crippen LogP contribution in [0.4, 0.5) is 19.0 Å². The molecule has 1 aromatic heterocycles. The van der Waals surface area contributed by atoms with E-state index in [0.717, 1.165) is 6.07 Å². The molecule has 0 radical (unpaired) electrons. The van der Waals surface area contributed by atoms with Crippen LogP contribution in [0.15, 0.2) is 16.7 Å². The lowest BCUT2D eigenvalue weighted by Gasteiger charge is -2.26. The molecule has 1 aromatic rings. The summed E-state index contributed by atoms with van der Waals surface area (Å²) < 4.78 is 44.5. The van der Waals surface area contributed by atoms with Gasteiger partial charge in [-0.25, -0.2) is 4.98 Å². The van der Waals surface area contributed by atoms with Crippen molar-refractivity contribution in [1.82, 2.24) is 4.98 Å². The van der Waals surface area contributed by atoms with Crippen molar-refractivity contribution in [1.29, 1.82) is 5.41 Å². The molecule has 118 valence electrons. The molecule has 3 N–H and O–H groups in total. The van der Waals surface area contributed by atoms with Gasteiger partial charge in [-0.15, -0.1) is 0 Å². The van der Waals surface area contributed by atoms with E-state index in [2.05, 4.69) is 20.9 Å². The van der Waals surface area contributed by atoms with Gasteiger partial charge in [-0.3, -0.25) is 5.41 Å². The van der Waals surface area contributed by atoms with Gasteiger partial charge >= 0.3 is 6.18 Å². The third-order valence-corrected chi connectivity index (χ3v) is 3.09. The first-order valence-electron chi connectivity index (χ1n) is 6.05. The van der Waals surface area contributed by atoms with E-state index >= 15 is 0 Å². The molecule has 1 heterocycles. The second-order valence-corrected chi connectivity index (χ2v) is 5.19. The van der Waals surface area contributed by atoms with E-state index in [1.807, 2.05) is 0 Å². The number of rotatable bonds is 7. The number of pyridine rings is 1. The van der Waals surface area contributed by atoms with E-state index in [1.54, 1.807) is 0 Å². The Bertz CT molecular complexity index is 496. The summed E-state index contributed by atoms with van der Waals surface area (Å²) >= 11 is 2.99. The number of aromatic nitrogens is 1. The highest BCUT2D eigenvalue weighted by Crippen LogP contribution is 2.36. The van der Waals surface area contributed by atoms with Crippen molar-refractivity contribution in [3.05, 3.63) is 22.3 Å². The first kappa shape index (κ1) is 17.7. The molecule has 0 amide bonds. The van der Waals surface area contributed by atoms with Gasteiger partial charge in [0.25, 0.3) is 0 Å². The predicted molar refractivity (Wildman–Crippen MR) is 77.6 cm³/mol. The van der Waals surface area contributed by atoms with Crippen molar-refractivity contribution in [2.24, 2.45) is 5.73 Å². The molecule has 0 aliphatic carbocycles. The number of nitrogens with one attached hydrogen (secondary N) is 1. The van der Waals surface area contributed by atoms with Crippen molar-refractivity contribution >= 4 is 27.6 Å². The predicted octanol–water partition coefficient (Wildman–Crippen LogP) is 2.64. The first-order chi connectivity index (χ1) is 9.75. The van der Waals surface area contributed by atoms with Gasteiger partial charge in [0.05, 0.1) is 18.0 Å². The quantitative estimate of drug-likeness (QED) is 0.573. The Morgan fingerprint density at radius 2 is 2.14 bits per heavy atom. The minimum atomic E-state index is -4.52. The van der Waals surface area contributed by atoms with Crippen LogP contribution in [0.2, 0.25) is 0 Å². The molecule has 0 saturated heterocycles. The Morgan fingerprint density at radius 3 is 2.67 bits per heavy atom. The number of halogens is 4. The van der Waals surface area contributed by atoms with Crippen LogP contribution >= 0.6 is 15.9 Å². The lowest BCUT2D eigenvalue weighted by Crippen LogP contribution is -2.33. The maximum atomic E-state index is 13.1. The van der Waals surface area contributed by atoms with Crippen LogP contribution < -0.4 is 10.6 Å². The summed E-state index contributed by atoms with van der Waals surface area (Å²) in [5, 5.41) is 7.21. The van der Waals surface area contributed by atoms with Gasteiger partial charge in [-0.2, -0.15) is 13.2 Å². The smallest absolute Gasteiger partial charge is 0.388 e. The van der Waals surface area contributed by atoms with E-state index in [1.165, 1.54) is 18.2 Å². The van der Waals surface area contributed by atoms with Gasteiger partial charge in [0, 0.05) is 37.3 Å². The Kier molecular flexibility index (Phi) is 6.41. The largest absolute Gasteiger partial charge is 0.419 e. The van der Waals surface area contributed by atoms with Gasteiger partial charge in [0.2, 0.25) is 0 Å². The van der Waals surface area contributed by atoms with Gasteiger partial charge in [0.1, 0.15) is 5.82 Å². The Hall–Kier alpha value is -1.35. The standard InChI is InChI=1S/C12H16BrF3N4O/c1-21-5-4-20(3-2-10(17)18)11-9(12(14,15)16)6-8(13)7-19-11/h6-7H,2-5H2,1H3,(H3,17,18). The van der Waals surface area contributed by atoms with Crippen LogP contribution in [0.3, 0.4) is 0 Å². The summed E-state index contributed by atoms with van der Waals surface area (Å²) in [5.41, 5.74) is 4.43. The molecule has 0 aliphatic rings. The van der Waals surface area contributed by atoms with Gasteiger partial charge in [0.15, 0.2) is 0 Å². The van der Waals surface area contributed by atoms with Crippen molar-refractivity contribution < 1.29 is 17.9 Å². The summed E-state index contributed by atoms with van der Waals surface area (Å²) in [4.78, 5) is 5.28. The molecule has 0 unspecified atom stereocenters.